The molecule has 3 rings (SSSR count). The average molecular weight is 547 g/mol. The number of benzene rings is 2. The Kier molecular flexibility index (Phi) is 10.3. The number of carbonyl (C=O) groups is 2. The Morgan fingerprint density at radius 1 is 1.11 bits per heavy atom. The summed E-state index contributed by atoms with van der Waals surface area (Å²) in [5.74, 6) is -2.04. The van der Waals surface area contributed by atoms with Crippen LogP contribution >= 0.6 is 0 Å². The number of hydrogen-bond donors (Lipinski definition) is 4. The molecule has 2 unspecified atom stereocenters. The second-order valence-corrected chi connectivity index (χ2v) is 12.7. The Balaban J connectivity index is 1.87. The van der Waals surface area contributed by atoms with Crippen molar-refractivity contribution in [2.75, 3.05) is 19.3 Å². The van der Waals surface area contributed by atoms with E-state index in [1.165, 1.54) is 10.6 Å². The van der Waals surface area contributed by atoms with E-state index < -0.39 is 39.4 Å². The summed E-state index contributed by atoms with van der Waals surface area (Å²) in [4.78, 5) is 26.4. The standard InChI is InChI=1S/C28H42N4O5S/c1-20(19-32(38(2,36)37)24-11-5-3-4-6-12-24)26(34)31-28(27(30)35,17-25(33)18-29)16-21-13-14-22-9-7-8-10-23(22)15-21/h7-10,13-15,20,24-25,33H,3-6,11-12,16-19,29H2,1-2H3,(H2,30,35)(H,31,34)/t20?,25?,28-/m1/s1. The number of hydrogen-bond acceptors (Lipinski definition) is 6. The minimum Gasteiger partial charge on any atom is -0.392 e. The molecule has 6 N–H and O–H groups in total. The van der Waals surface area contributed by atoms with Gasteiger partial charge in [0, 0.05) is 37.9 Å². The molecule has 0 aliphatic heterocycles. The van der Waals surface area contributed by atoms with Gasteiger partial charge in [-0.25, -0.2) is 8.42 Å². The summed E-state index contributed by atoms with van der Waals surface area (Å²) in [5, 5.41) is 15.2. The Morgan fingerprint density at radius 3 is 2.32 bits per heavy atom. The molecule has 1 aliphatic carbocycles. The number of aliphatic hydroxyl groups excluding tert-OH is 1. The summed E-state index contributed by atoms with van der Waals surface area (Å²) >= 11 is 0. The van der Waals surface area contributed by atoms with Gasteiger partial charge in [0.15, 0.2) is 0 Å². The van der Waals surface area contributed by atoms with Crippen LogP contribution in [0, 0.1) is 5.92 Å². The Bertz CT molecular complexity index is 1210. The van der Waals surface area contributed by atoms with Gasteiger partial charge in [0.05, 0.1) is 12.4 Å². The van der Waals surface area contributed by atoms with Crippen molar-refractivity contribution in [2.45, 2.75) is 76.0 Å². The smallest absolute Gasteiger partial charge is 0.243 e. The van der Waals surface area contributed by atoms with Gasteiger partial charge in [-0.05, 0) is 29.2 Å². The Labute approximate surface area is 226 Å². The average Bonchev–Trinajstić information content (AvgIpc) is 3.15. The molecule has 9 nitrogen and oxygen atoms in total. The number of nitrogens with two attached hydrogens (primary N) is 2. The normalized spacial score (nSPS) is 18.4. The fourth-order valence-corrected chi connectivity index (χ4v) is 6.66. The second-order valence-electron chi connectivity index (χ2n) is 10.8. The SMILES string of the molecule is CC(CN(C1CCCCCC1)S(C)(=O)=O)C(=O)N[C@](Cc1ccc2ccccc2c1)(CC(O)CN)C(N)=O. The summed E-state index contributed by atoms with van der Waals surface area (Å²) in [6.45, 7) is 1.53. The molecule has 0 heterocycles. The van der Waals surface area contributed by atoms with Crippen LogP contribution in [0.5, 0.6) is 0 Å². The van der Waals surface area contributed by atoms with E-state index in [0.717, 1.165) is 54.9 Å². The van der Waals surface area contributed by atoms with Gasteiger partial charge in [-0.2, -0.15) is 4.31 Å². The van der Waals surface area contributed by atoms with Gasteiger partial charge < -0.3 is 21.9 Å². The minimum atomic E-state index is -3.56. The number of nitrogens with zero attached hydrogens (tertiary/aromatic N) is 1. The minimum absolute atomic E-state index is 0.000405. The zero-order valence-corrected chi connectivity index (χ0v) is 23.3. The summed E-state index contributed by atoms with van der Waals surface area (Å²) in [7, 11) is -3.56. The molecule has 10 heteroatoms. The van der Waals surface area contributed by atoms with E-state index in [4.69, 9.17) is 11.5 Å². The lowest BCUT2D eigenvalue weighted by molar-refractivity contribution is -0.135. The number of fused-ring (bicyclic) bond motifs is 1. The van der Waals surface area contributed by atoms with Gasteiger partial charge in [-0.15, -0.1) is 0 Å². The van der Waals surface area contributed by atoms with Gasteiger partial charge in [0.2, 0.25) is 21.8 Å². The Morgan fingerprint density at radius 2 is 1.74 bits per heavy atom. The third kappa shape index (κ3) is 7.75. The second kappa shape index (κ2) is 13.0. The van der Waals surface area contributed by atoms with Crippen LogP contribution in [-0.2, 0) is 26.0 Å². The maximum Gasteiger partial charge on any atom is 0.243 e. The van der Waals surface area contributed by atoms with Gasteiger partial charge in [0.25, 0.3) is 0 Å². The highest BCUT2D eigenvalue weighted by atomic mass is 32.2. The lowest BCUT2D eigenvalue weighted by Gasteiger charge is -2.36. The first-order valence-electron chi connectivity index (χ1n) is 13.4. The topological polar surface area (TPSA) is 156 Å². The molecule has 38 heavy (non-hydrogen) atoms. The molecule has 2 aromatic carbocycles. The number of primary amides is 1. The van der Waals surface area contributed by atoms with Crippen LogP contribution in [0.4, 0.5) is 0 Å². The van der Waals surface area contributed by atoms with Crippen molar-refractivity contribution < 1.29 is 23.1 Å². The molecule has 1 aliphatic rings. The largest absolute Gasteiger partial charge is 0.392 e. The number of carbonyl (C=O) groups excluding carboxylic acids is 2. The number of amides is 2. The first kappa shape index (κ1) is 30.0. The van der Waals surface area contributed by atoms with Crippen LogP contribution in [0.2, 0.25) is 0 Å². The lowest BCUT2D eigenvalue weighted by Crippen LogP contribution is -2.62. The first-order valence-corrected chi connectivity index (χ1v) is 15.2. The van der Waals surface area contributed by atoms with E-state index in [2.05, 4.69) is 5.32 Å². The van der Waals surface area contributed by atoms with E-state index in [-0.39, 0.29) is 32.0 Å². The number of rotatable bonds is 12. The van der Waals surface area contributed by atoms with Gasteiger partial charge in [0.1, 0.15) is 5.54 Å². The molecule has 0 radical (unpaired) electrons. The molecule has 2 aromatic rings. The number of aliphatic hydroxyl groups is 1. The van der Waals surface area contributed by atoms with Crippen molar-refractivity contribution >= 4 is 32.6 Å². The fourth-order valence-electron chi connectivity index (χ4n) is 5.41. The van der Waals surface area contributed by atoms with Crippen LogP contribution in [0.15, 0.2) is 42.5 Å². The first-order chi connectivity index (χ1) is 17.9. The summed E-state index contributed by atoms with van der Waals surface area (Å²) < 4.78 is 26.8. The third-order valence-corrected chi connectivity index (χ3v) is 8.87. The molecule has 3 atom stereocenters. The van der Waals surface area contributed by atoms with Crippen LogP contribution < -0.4 is 16.8 Å². The quantitative estimate of drug-likeness (QED) is 0.299. The number of sulfonamides is 1. The fraction of sp³-hybridized carbons (Fsp3) is 0.571. The molecule has 0 spiro atoms. The molecule has 0 saturated heterocycles. The molecular weight excluding hydrogens is 504 g/mol. The van der Waals surface area contributed by atoms with Crippen molar-refractivity contribution in [2.24, 2.45) is 17.4 Å². The van der Waals surface area contributed by atoms with Crippen molar-refractivity contribution in [3.8, 4) is 0 Å². The molecular formula is C28H42N4O5S. The lowest BCUT2D eigenvalue weighted by atomic mass is 9.83. The zero-order chi connectivity index (χ0) is 27.9. The van der Waals surface area contributed by atoms with E-state index in [1.54, 1.807) is 6.92 Å². The molecule has 0 aromatic heterocycles. The highest BCUT2D eigenvalue weighted by Crippen LogP contribution is 2.26. The van der Waals surface area contributed by atoms with Crippen LogP contribution in [-0.4, -0.2) is 66.7 Å². The summed E-state index contributed by atoms with van der Waals surface area (Å²) in [6.07, 6.45) is 5.56. The molecule has 1 fully saturated rings. The molecule has 0 bridgehead atoms. The van der Waals surface area contributed by atoms with Crippen molar-refractivity contribution in [3.05, 3.63) is 48.0 Å². The maximum absolute atomic E-state index is 13.5. The predicted octanol–water partition coefficient (Wildman–Crippen LogP) is 2.05. The van der Waals surface area contributed by atoms with Crippen molar-refractivity contribution in [3.63, 3.8) is 0 Å². The van der Waals surface area contributed by atoms with Crippen LogP contribution in [0.25, 0.3) is 10.8 Å². The van der Waals surface area contributed by atoms with Gasteiger partial charge in [-0.1, -0.05) is 75.1 Å². The molecule has 1 saturated carbocycles. The summed E-state index contributed by atoms with van der Waals surface area (Å²) in [6, 6.07) is 13.3. The molecule has 210 valence electrons. The van der Waals surface area contributed by atoms with Crippen LogP contribution in [0.3, 0.4) is 0 Å². The van der Waals surface area contributed by atoms with Crippen molar-refractivity contribution in [1.82, 2.24) is 9.62 Å². The molecule has 2 amide bonds. The maximum atomic E-state index is 13.5. The zero-order valence-electron chi connectivity index (χ0n) is 22.4. The van der Waals surface area contributed by atoms with E-state index >= 15 is 0 Å². The van der Waals surface area contributed by atoms with E-state index in [9.17, 15) is 23.1 Å². The third-order valence-electron chi connectivity index (χ3n) is 7.57. The Hall–Kier alpha value is -2.53. The van der Waals surface area contributed by atoms with Gasteiger partial charge >= 0.3 is 0 Å². The highest BCUT2D eigenvalue weighted by molar-refractivity contribution is 7.88. The summed E-state index contributed by atoms with van der Waals surface area (Å²) in [5.41, 5.74) is 10.7. The van der Waals surface area contributed by atoms with Gasteiger partial charge in [-0.3, -0.25) is 9.59 Å². The monoisotopic (exact) mass is 546 g/mol. The van der Waals surface area contributed by atoms with E-state index in [1.807, 2.05) is 42.5 Å². The van der Waals surface area contributed by atoms with E-state index in [0.29, 0.717) is 0 Å². The number of nitrogens with one attached hydrogen (secondary N) is 1. The van der Waals surface area contributed by atoms with Crippen LogP contribution in [0.1, 0.15) is 57.4 Å². The highest BCUT2D eigenvalue weighted by Gasteiger charge is 2.41. The van der Waals surface area contributed by atoms with Crippen molar-refractivity contribution in [1.29, 1.82) is 0 Å². The predicted molar refractivity (Wildman–Crippen MR) is 150 cm³/mol.